The molecule has 1 aliphatic rings. The fraction of sp³-hybridized carbons (Fsp3) is 0.692. The summed E-state index contributed by atoms with van der Waals surface area (Å²) < 4.78 is 1.55. The summed E-state index contributed by atoms with van der Waals surface area (Å²) in [6.45, 7) is 2.27. The molecular weight excluding hydrogens is 246 g/mol. The summed E-state index contributed by atoms with van der Waals surface area (Å²) in [5, 5.41) is 26.4. The van der Waals surface area contributed by atoms with Gasteiger partial charge in [0.05, 0.1) is 11.8 Å². The zero-order valence-corrected chi connectivity index (χ0v) is 11.4. The number of aromatic carboxylic acids is 1. The first-order chi connectivity index (χ1) is 9.00. The zero-order valence-electron chi connectivity index (χ0n) is 11.4. The van der Waals surface area contributed by atoms with Crippen LogP contribution in [0.1, 0.15) is 41.7 Å². The lowest BCUT2D eigenvalue weighted by Gasteiger charge is -2.28. The second-order valence-corrected chi connectivity index (χ2v) is 5.23. The van der Waals surface area contributed by atoms with Gasteiger partial charge in [-0.25, -0.2) is 4.79 Å². The number of aliphatic hydroxyl groups excluding tert-OH is 1. The fourth-order valence-electron chi connectivity index (χ4n) is 2.77. The van der Waals surface area contributed by atoms with E-state index in [2.05, 4.69) is 10.4 Å². The molecule has 1 saturated carbocycles. The number of carbonyl (C=O) groups is 1. The van der Waals surface area contributed by atoms with E-state index in [-0.39, 0.29) is 17.6 Å². The van der Waals surface area contributed by atoms with Gasteiger partial charge in [-0.3, -0.25) is 4.68 Å². The van der Waals surface area contributed by atoms with Crippen molar-refractivity contribution in [1.29, 1.82) is 0 Å². The molecule has 6 heteroatoms. The fourth-order valence-corrected chi connectivity index (χ4v) is 2.77. The first kappa shape index (κ1) is 13.9. The molecule has 1 aromatic heterocycles. The average Bonchev–Trinajstić information content (AvgIpc) is 2.63. The van der Waals surface area contributed by atoms with Crippen LogP contribution in [0.2, 0.25) is 0 Å². The van der Waals surface area contributed by atoms with Crippen molar-refractivity contribution < 1.29 is 15.0 Å². The number of aromatic nitrogens is 2. The average molecular weight is 267 g/mol. The van der Waals surface area contributed by atoms with E-state index < -0.39 is 5.97 Å². The molecule has 2 atom stereocenters. The molecule has 106 valence electrons. The van der Waals surface area contributed by atoms with Crippen molar-refractivity contribution in [3.05, 3.63) is 11.3 Å². The maximum atomic E-state index is 11.2. The van der Waals surface area contributed by atoms with Crippen molar-refractivity contribution in [3.63, 3.8) is 0 Å². The molecular formula is C13H21N3O3. The Morgan fingerprint density at radius 1 is 1.47 bits per heavy atom. The van der Waals surface area contributed by atoms with Gasteiger partial charge in [-0.1, -0.05) is 12.8 Å². The molecule has 0 aromatic carbocycles. The molecule has 2 rings (SSSR count). The van der Waals surface area contributed by atoms with Crippen LogP contribution in [-0.2, 0) is 7.05 Å². The monoisotopic (exact) mass is 267 g/mol. The lowest BCUT2D eigenvalue weighted by molar-refractivity contribution is 0.0697. The van der Waals surface area contributed by atoms with E-state index in [1.807, 2.05) is 0 Å². The summed E-state index contributed by atoms with van der Waals surface area (Å²) in [7, 11) is 1.72. The molecule has 0 aliphatic heterocycles. The summed E-state index contributed by atoms with van der Waals surface area (Å²) in [4.78, 5) is 11.2. The van der Waals surface area contributed by atoms with Crippen LogP contribution in [0.15, 0.2) is 0 Å². The number of hydrogen-bond acceptors (Lipinski definition) is 4. The SMILES string of the molecule is Cc1nn(C)c(NCC2CCCCC2O)c1C(=O)O. The Kier molecular flexibility index (Phi) is 4.09. The molecule has 0 saturated heterocycles. The molecule has 0 radical (unpaired) electrons. The third-order valence-corrected chi connectivity index (χ3v) is 3.84. The standard InChI is InChI=1S/C13H21N3O3/c1-8-11(13(18)19)12(16(2)15-8)14-7-9-5-3-4-6-10(9)17/h9-10,14,17H,3-7H2,1-2H3,(H,18,19). The predicted molar refractivity (Wildman–Crippen MR) is 71.4 cm³/mol. The van der Waals surface area contributed by atoms with E-state index in [0.717, 1.165) is 25.7 Å². The Hall–Kier alpha value is -1.56. The molecule has 1 fully saturated rings. The number of nitrogens with one attached hydrogen (secondary N) is 1. The Balaban J connectivity index is 2.08. The zero-order chi connectivity index (χ0) is 14.0. The normalized spacial score (nSPS) is 23.3. The molecule has 1 aliphatic carbocycles. The topological polar surface area (TPSA) is 87.4 Å². The second kappa shape index (κ2) is 5.61. The van der Waals surface area contributed by atoms with Crippen molar-refractivity contribution in [3.8, 4) is 0 Å². The minimum Gasteiger partial charge on any atom is -0.477 e. The van der Waals surface area contributed by atoms with Gasteiger partial charge in [0.15, 0.2) is 0 Å². The van der Waals surface area contributed by atoms with Crippen molar-refractivity contribution in [1.82, 2.24) is 9.78 Å². The second-order valence-electron chi connectivity index (χ2n) is 5.23. The van der Waals surface area contributed by atoms with Crippen molar-refractivity contribution >= 4 is 11.8 Å². The number of nitrogens with zero attached hydrogens (tertiary/aromatic N) is 2. The minimum absolute atomic E-state index is 0.186. The van der Waals surface area contributed by atoms with E-state index >= 15 is 0 Å². The number of anilines is 1. The molecule has 19 heavy (non-hydrogen) atoms. The van der Waals surface area contributed by atoms with Gasteiger partial charge in [0, 0.05) is 19.5 Å². The molecule has 6 nitrogen and oxygen atoms in total. The lowest BCUT2D eigenvalue weighted by Crippen LogP contribution is -2.31. The number of hydrogen-bond donors (Lipinski definition) is 3. The number of aryl methyl sites for hydroxylation is 2. The van der Waals surface area contributed by atoms with E-state index in [1.165, 1.54) is 0 Å². The van der Waals surface area contributed by atoms with Crippen LogP contribution in [0.5, 0.6) is 0 Å². The lowest BCUT2D eigenvalue weighted by atomic mass is 9.86. The molecule has 1 heterocycles. The Bertz CT molecular complexity index is 470. The third kappa shape index (κ3) is 2.89. The highest BCUT2D eigenvalue weighted by atomic mass is 16.4. The third-order valence-electron chi connectivity index (χ3n) is 3.84. The van der Waals surface area contributed by atoms with Gasteiger partial charge in [-0.2, -0.15) is 5.10 Å². The Morgan fingerprint density at radius 2 is 2.16 bits per heavy atom. The van der Waals surface area contributed by atoms with Crippen molar-refractivity contribution in [2.75, 3.05) is 11.9 Å². The van der Waals surface area contributed by atoms with E-state index in [1.54, 1.807) is 18.7 Å². The van der Waals surface area contributed by atoms with Gasteiger partial charge < -0.3 is 15.5 Å². The Morgan fingerprint density at radius 3 is 2.79 bits per heavy atom. The van der Waals surface area contributed by atoms with Crippen LogP contribution < -0.4 is 5.32 Å². The minimum atomic E-state index is -0.975. The maximum absolute atomic E-state index is 11.2. The summed E-state index contributed by atoms with van der Waals surface area (Å²) in [5.74, 6) is -0.273. The number of carboxylic acid groups (broad SMARTS) is 1. The van der Waals surface area contributed by atoms with E-state index in [4.69, 9.17) is 0 Å². The van der Waals surface area contributed by atoms with Crippen LogP contribution in [0.4, 0.5) is 5.82 Å². The largest absolute Gasteiger partial charge is 0.477 e. The van der Waals surface area contributed by atoms with Crippen molar-refractivity contribution in [2.45, 2.75) is 38.7 Å². The molecule has 0 amide bonds. The van der Waals surface area contributed by atoms with Crippen LogP contribution in [0.3, 0.4) is 0 Å². The number of rotatable bonds is 4. The van der Waals surface area contributed by atoms with Gasteiger partial charge in [0.25, 0.3) is 0 Å². The van der Waals surface area contributed by atoms with Crippen LogP contribution >= 0.6 is 0 Å². The van der Waals surface area contributed by atoms with E-state index in [0.29, 0.717) is 18.1 Å². The number of carboxylic acids is 1. The molecule has 1 aromatic rings. The molecule has 3 N–H and O–H groups in total. The molecule has 2 unspecified atom stereocenters. The van der Waals surface area contributed by atoms with Gasteiger partial charge in [-0.05, 0) is 19.8 Å². The summed E-state index contributed by atoms with van der Waals surface area (Å²) >= 11 is 0. The number of aliphatic hydroxyl groups is 1. The highest BCUT2D eigenvalue weighted by molar-refractivity contribution is 5.94. The maximum Gasteiger partial charge on any atom is 0.341 e. The molecule has 0 bridgehead atoms. The van der Waals surface area contributed by atoms with Crippen LogP contribution in [0.25, 0.3) is 0 Å². The van der Waals surface area contributed by atoms with Gasteiger partial charge in [-0.15, -0.1) is 0 Å². The van der Waals surface area contributed by atoms with Gasteiger partial charge in [0.1, 0.15) is 11.4 Å². The smallest absolute Gasteiger partial charge is 0.341 e. The van der Waals surface area contributed by atoms with Crippen LogP contribution in [-0.4, -0.2) is 38.6 Å². The highest BCUT2D eigenvalue weighted by Gasteiger charge is 2.25. The summed E-state index contributed by atoms with van der Waals surface area (Å²) in [5.41, 5.74) is 0.717. The van der Waals surface area contributed by atoms with Crippen molar-refractivity contribution in [2.24, 2.45) is 13.0 Å². The first-order valence-corrected chi connectivity index (χ1v) is 6.69. The van der Waals surface area contributed by atoms with Gasteiger partial charge >= 0.3 is 5.97 Å². The van der Waals surface area contributed by atoms with E-state index in [9.17, 15) is 15.0 Å². The summed E-state index contributed by atoms with van der Waals surface area (Å²) in [6.07, 6.45) is 3.72. The quantitative estimate of drug-likeness (QED) is 0.767. The Labute approximate surface area is 112 Å². The summed E-state index contributed by atoms with van der Waals surface area (Å²) in [6, 6.07) is 0. The molecule has 0 spiro atoms. The highest BCUT2D eigenvalue weighted by Crippen LogP contribution is 2.26. The van der Waals surface area contributed by atoms with Gasteiger partial charge in [0.2, 0.25) is 0 Å². The first-order valence-electron chi connectivity index (χ1n) is 6.69. The predicted octanol–water partition coefficient (Wildman–Crippen LogP) is 1.39. The van der Waals surface area contributed by atoms with Crippen LogP contribution in [0, 0.1) is 12.8 Å².